The summed E-state index contributed by atoms with van der Waals surface area (Å²) in [6, 6.07) is 13.5. The fraction of sp³-hybridized carbons (Fsp3) is 0.316. The monoisotopic (exact) mass is 312 g/mol. The van der Waals surface area contributed by atoms with Crippen LogP contribution in [-0.4, -0.2) is 18.6 Å². The van der Waals surface area contributed by atoms with Crippen molar-refractivity contribution in [2.24, 2.45) is 0 Å². The number of carbonyl (C=O) groups is 1. The molecule has 0 saturated heterocycles. The van der Waals surface area contributed by atoms with Crippen LogP contribution in [0.4, 0.5) is 11.4 Å². The van der Waals surface area contributed by atoms with Crippen molar-refractivity contribution in [2.75, 3.05) is 17.2 Å². The lowest BCUT2D eigenvalue weighted by Gasteiger charge is -2.12. The molecule has 0 unspecified atom stereocenters. The number of hydrogen-bond acceptors (Lipinski definition) is 3. The van der Waals surface area contributed by atoms with Crippen LogP contribution < -0.4 is 15.4 Å². The van der Waals surface area contributed by atoms with Gasteiger partial charge in [-0.15, -0.1) is 0 Å². The molecule has 1 amide bonds. The molecule has 0 fully saturated rings. The molecule has 0 atom stereocenters. The summed E-state index contributed by atoms with van der Waals surface area (Å²) in [4.78, 5) is 12.1. The average Bonchev–Trinajstić information content (AvgIpc) is 2.51. The van der Waals surface area contributed by atoms with E-state index < -0.39 is 0 Å². The zero-order chi connectivity index (χ0) is 16.8. The summed E-state index contributed by atoms with van der Waals surface area (Å²) in [5, 5.41) is 6.04. The molecule has 0 aliphatic heterocycles. The smallest absolute Gasteiger partial charge is 0.243 e. The largest absolute Gasteiger partial charge is 0.491 e. The minimum absolute atomic E-state index is 0.0683. The van der Waals surface area contributed by atoms with Gasteiger partial charge in [-0.1, -0.05) is 12.1 Å². The molecule has 0 saturated carbocycles. The van der Waals surface area contributed by atoms with Crippen LogP contribution in [0.2, 0.25) is 0 Å². The van der Waals surface area contributed by atoms with Crippen molar-refractivity contribution >= 4 is 17.3 Å². The van der Waals surface area contributed by atoms with E-state index in [1.54, 1.807) is 0 Å². The van der Waals surface area contributed by atoms with E-state index in [-0.39, 0.29) is 18.6 Å². The van der Waals surface area contributed by atoms with Gasteiger partial charge in [-0.05, 0) is 69.2 Å². The maximum absolute atomic E-state index is 12.1. The lowest BCUT2D eigenvalue weighted by Crippen LogP contribution is -2.22. The summed E-state index contributed by atoms with van der Waals surface area (Å²) < 4.78 is 5.59. The highest BCUT2D eigenvalue weighted by molar-refractivity contribution is 5.94. The van der Waals surface area contributed by atoms with Crippen molar-refractivity contribution in [3.63, 3.8) is 0 Å². The number of anilines is 2. The number of amides is 1. The molecule has 2 aromatic carbocycles. The van der Waals surface area contributed by atoms with Gasteiger partial charge in [0.1, 0.15) is 5.75 Å². The third-order valence-corrected chi connectivity index (χ3v) is 3.56. The Labute approximate surface area is 137 Å². The van der Waals surface area contributed by atoms with Gasteiger partial charge in [0.2, 0.25) is 5.91 Å². The summed E-state index contributed by atoms with van der Waals surface area (Å²) in [5.74, 6) is 0.756. The number of nitrogens with one attached hydrogen (secondary N) is 2. The van der Waals surface area contributed by atoms with E-state index in [1.807, 2.05) is 70.2 Å². The Morgan fingerprint density at radius 2 is 1.78 bits per heavy atom. The van der Waals surface area contributed by atoms with Crippen molar-refractivity contribution < 1.29 is 9.53 Å². The topological polar surface area (TPSA) is 50.4 Å². The van der Waals surface area contributed by atoms with Gasteiger partial charge in [-0.25, -0.2) is 0 Å². The second kappa shape index (κ2) is 7.68. The summed E-state index contributed by atoms with van der Waals surface area (Å²) in [5.41, 5.74) is 4.00. The van der Waals surface area contributed by atoms with Crippen molar-refractivity contribution in [2.45, 2.75) is 33.8 Å². The standard InChI is InChI=1S/C19H24N2O2/c1-13(2)23-17-10-8-16(9-11-17)20-12-19(22)21-18-7-5-6-14(3)15(18)4/h5-11,13,20H,12H2,1-4H3,(H,21,22). The molecule has 0 spiro atoms. The van der Waals surface area contributed by atoms with Crippen molar-refractivity contribution in [1.82, 2.24) is 0 Å². The molecule has 0 aromatic heterocycles. The van der Waals surface area contributed by atoms with Crippen LogP contribution in [0.1, 0.15) is 25.0 Å². The Hall–Kier alpha value is -2.49. The highest BCUT2D eigenvalue weighted by atomic mass is 16.5. The number of benzene rings is 2. The lowest BCUT2D eigenvalue weighted by atomic mass is 10.1. The summed E-state index contributed by atoms with van der Waals surface area (Å²) in [6.07, 6.45) is 0.150. The molecule has 23 heavy (non-hydrogen) atoms. The van der Waals surface area contributed by atoms with Crippen LogP contribution >= 0.6 is 0 Å². The number of aryl methyl sites for hydroxylation is 1. The van der Waals surface area contributed by atoms with Crippen LogP contribution in [0.5, 0.6) is 5.75 Å². The number of hydrogen-bond donors (Lipinski definition) is 2. The Balaban J connectivity index is 1.88. The number of carbonyl (C=O) groups excluding carboxylic acids is 1. The minimum Gasteiger partial charge on any atom is -0.491 e. The zero-order valence-electron chi connectivity index (χ0n) is 14.1. The van der Waals surface area contributed by atoms with Crippen LogP contribution in [0.25, 0.3) is 0 Å². The van der Waals surface area contributed by atoms with Gasteiger partial charge in [0, 0.05) is 11.4 Å². The lowest BCUT2D eigenvalue weighted by molar-refractivity contribution is -0.114. The average molecular weight is 312 g/mol. The Morgan fingerprint density at radius 1 is 1.09 bits per heavy atom. The second-order valence-electron chi connectivity index (χ2n) is 5.84. The first kappa shape index (κ1) is 16.9. The van der Waals surface area contributed by atoms with Gasteiger partial charge in [0.15, 0.2) is 0 Å². The molecule has 2 rings (SSSR count). The number of rotatable bonds is 6. The van der Waals surface area contributed by atoms with Crippen LogP contribution in [0, 0.1) is 13.8 Å². The highest BCUT2D eigenvalue weighted by Crippen LogP contribution is 2.18. The van der Waals surface area contributed by atoms with E-state index >= 15 is 0 Å². The summed E-state index contributed by atoms with van der Waals surface area (Å²) in [6.45, 7) is 8.24. The van der Waals surface area contributed by atoms with E-state index in [4.69, 9.17) is 4.74 Å². The van der Waals surface area contributed by atoms with E-state index in [1.165, 1.54) is 0 Å². The molecular formula is C19H24N2O2. The predicted molar refractivity (Wildman–Crippen MR) is 95.2 cm³/mol. The van der Waals surface area contributed by atoms with Gasteiger partial charge in [-0.3, -0.25) is 4.79 Å². The van der Waals surface area contributed by atoms with E-state index in [2.05, 4.69) is 10.6 Å². The predicted octanol–water partition coefficient (Wildman–Crippen LogP) is 4.14. The van der Waals surface area contributed by atoms with Crippen LogP contribution in [0.15, 0.2) is 42.5 Å². The molecule has 4 nitrogen and oxygen atoms in total. The Morgan fingerprint density at radius 3 is 2.43 bits per heavy atom. The molecule has 0 bridgehead atoms. The third-order valence-electron chi connectivity index (χ3n) is 3.56. The first-order valence-electron chi connectivity index (χ1n) is 7.82. The molecule has 0 aliphatic rings. The maximum atomic E-state index is 12.1. The van der Waals surface area contributed by atoms with E-state index in [9.17, 15) is 4.79 Å². The first-order chi connectivity index (χ1) is 11.0. The van der Waals surface area contributed by atoms with Gasteiger partial charge in [-0.2, -0.15) is 0 Å². The molecule has 2 N–H and O–H groups in total. The summed E-state index contributed by atoms with van der Waals surface area (Å²) in [7, 11) is 0. The van der Waals surface area contributed by atoms with E-state index in [0.717, 1.165) is 28.3 Å². The third kappa shape index (κ3) is 5.02. The molecule has 0 aliphatic carbocycles. The Kier molecular flexibility index (Phi) is 5.63. The van der Waals surface area contributed by atoms with Gasteiger partial charge >= 0.3 is 0 Å². The molecule has 2 aromatic rings. The quantitative estimate of drug-likeness (QED) is 0.843. The van der Waals surface area contributed by atoms with Crippen LogP contribution in [-0.2, 0) is 4.79 Å². The fourth-order valence-electron chi connectivity index (χ4n) is 2.19. The molecule has 0 heterocycles. The fourth-order valence-corrected chi connectivity index (χ4v) is 2.19. The van der Waals surface area contributed by atoms with Crippen LogP contribution in [0.3, 0.4) is 0 Å². The molecule has 0 radical (unpaired) electrons. The summed E-state index contributed by atoms with van der Waals surface area (Å²) >= 11 is 0. The van der Waals surface area contributed by atoms with Gasteiger partial charge in [0.05, 0.1) is 12.6 Å². The van der Waals surface area contributed by atoms with E-state index in [0.29, 0.717) is 0 Å². The highest BCUT2D eigenvalue weighted by Gasteiger charge is 2.06. The number of ether oxygens (including phenoxy) is 1. The van der Waals surface area contributed by atoms with Gasteiger partial charge < -0.3 is 15.4 Å². The van der Waals surface area contributed by atoms with Gasteiger partial charge in [0.25, 0.3) is 0 Å². The SMILES string of the molecule is Cc1cccc(NC(=O)CNc2ccc(OC(C)C)cc2)c1C. The maximum Gasteiger partial charge on any atom is 0.243 e. The van der Waals surface area contributed by atoms with Crippen molar-refractivity contribution in [3.05, 3.63) is 53.6 Å². The molecule has 4 heteroatoms. The molecular weight excluding hydrogens is 288 g/mol. The Bertz CT molecular complexity index is 664. The zero-order valence-corrected chi connectivity index (χ0v) is 14.1. The van der Waals surface area contributed by atoms with Crippen molar-refractivity contribution in [3.8, 4) is 5.75 Å². The first-order valence-corrected chi connectivity index (χ1v) is 7.82. The minimum atomic E-state index is -0.0683. The second-order valence-corrected chi connectivity index (χ2v) is 5.84. The van der Waals surface area contributed by atoms with Crippen molar-refractivity contribution in [1.29, 1.82) is 0 Å². The molecule has 122 valence electrons. The normalized spacial score (nSPS) is 10.5.